The molecular weight excluding hydrogens is 278 g/mol. The molecule has 1 saturated carbocycles. The third-order valence-electron chi connectivity index (χ3n) is 4.15. The highest BCUT2D eigenvalue weighted by molar-refractivity contribution is 5.79. The van der Waals surface area contributed by atoms with Gasteiger partial charge in [0.2, 0.25) is 0 Å². The summed E-state index contributed by atoms with van der Waals surface area (Å²) in [6, 6.07) is 3.92. The Morgan fingerprint density at radius 1 is 1.36 bits per heavy atom. The molecule has 2 rings (SSSR count). The molecule has 5 heteroatoms. The van der Waals surface area contributed by atoms with Crippen molar-refractivity contribution in [2.75, 3.05) is 33.4 Å². The summed E-state index contributed by atoms with van der Waals surface area (Å²) in [5.41, 5.74) is 0.387. The molecule has 1 aromatic rings. The Kier molecular flexibility index (Phi) is 6.77. The quantitative estimate of drug-likeness (QED) is 0.515. The van der Waals surface area contributed by atoms with Crippen molar-refractivity contribution in [1.82, 2.24) is 10.6 Å². The molecule has 0 aromatic carbocycles. The van der Waals surface area contributed by atoms with E-state index in [2.05, 4.69) is 17.6 Å². The third kappa shape index (κ3) is 5.72. The van der Waals surface area contributed by atoms with Crippen molar-refractivity contribution in [3.63, 3.8) is 0 Å². The lowest BCUT2D eigenvalue weighted by molar-refractivity contribution is 0.174. The second-order valence-electron chi connectivity index (χ2n) is 6.09. The Bertz CT molecular complexity index is 439. The number of aliphatic imine (C=N–C) groups is 1. The van der Waals surface area contributed by atoms with Gasteiger partial charge in [0, 0.05) is 39.8 Å². The van der Waals surface area contributed by atoms with Gasteiger partial charge in [0.05, 0.1) is 6.26 Å². The summed E-state index contributed by atoms with van der Waals surface area (Å²) >= 11 is 0. The zero-order valence-corrected chi connectivity index (χ0v) is 13.9. The van der Waals surface area contributed by atoms with E-state index in [-0.39, 0.29) is 0 Å². The number of nitrogens with one attached hydrogen (secondary N) is 2. The zero-order valence-electron chi connectivity index (χ0n) is 13.9. The van der Waals surface area contributed by atoms with Crippen LogP contribution in [0.4, 0.5) is 0 Å². The molecule has 5 nitrogen and oxygen atoms in total. The first kappa shape index (κ1) is 16.9. The van der Waals surface area contributed by atoms with Gasteiger partial charge in [-0.25, -0.2) is 0 Å². The number of nitrogens with zero attached hydrogens (tertiary/aromatic N) is 1. The zero-order chi connectivity index (χ0) is 15.7. The molecule has 1 aliphatic rings. The van der Waals surface area contributed by atoms with Crippen molar-refractivity contribution in [2.24, 2.45) is 10.4 Å². The van der Waals surface area contributed by atoms with Crippen LogP contribution < -0.4 is 10.6 Å². The number of hydrogen-bond donors (Lipinski definition) is 2. The van der Waals surface area contributed by atoms with Crippen molar-refractivity contribution in [3.05, 3.63) is 24.2 Å². The van der Waals surface area contributed by atoms with Gasteiger partial charge in [-0.05, 0) is 43.2 Å². The Hall–Kier alpha value is -1.49. The van der Waals surface area contributed by atoms with Crippen molar-refractivity contribution in [1.29, 1.82) is 0 Å². The lowest BCUT2D eigenvalue weighted by Crippen LogP contribution is -2.39. The Balaban J connectivity index is 1.78. The standard InChI is InChI=1S/C17H29N3O2/c1-3-10-18-16(19-11-6-15-5-4-12-22-15)20-14-17(7-8-17)9-13-21-2/h4-5,12H,3,6-11,13-14H2,1-2H3,(H2,18,19,20). The molecule has 1 aromatic heterocycles. The van der Waals surface area contributed by atoms with Crippen molar-refractivity contribution >= 4 is 5.96 Å². The van der Waals surface area contributed by atoms with Gasteiger partial charge in [0.15, 0.2) is 5.96 Å². The normalized spacial score (nSPS) is 16.5. The SMILES string of the molecule is CCCNC(=NCC1(CCOC)CC1)NCCc1ccco1. The van der Waals surface area contributed by atoms with Gasteiger partial charge in [-0.2, -0.15) is 0 Å². The maximum atomic E-state index is 5.35. The average Bonchev–Trinajstić information content (AvgIpc) is 3.11. The Morgan fingerprint density at radius 2 is 2.18 bits per heavy atom. The van der Waals surface area contributed by atoms with Crippen LogP contribution in [-0.2, 0) is 11.2 Å². The number of ether oxygens (including phenoxy) is 1. The molecule has 1 heterocycles. The van der Waals surface area contributed by atoms with Gasteiger partial charge in [-0.1, -0.05) is 6.92 Å². The van der Waals surface area contributed by atoms with Gasteiger partial charge in [0.25, 0.3) is 0 Å². The van der Waals surface area contributed by atoms with E-state index in [9.17, 15) is 0 Å². The van der Waals surface area contributed by atoms with Crippen LogP contribution in [0.2, 0.25) is 0 Å². The van der Waals surface area contributed by atoms with Crippen molar-refractivity contribution in [2.45, 2.75) is 39.0 Å². The molecule has 0 atom stereocenters. The predicted octanol–water partition coefficient (Wildman–Crippen LogP) is 2.58. The molecule has 0 spiro atoms. The van der Waals surface area contributed by atoms with E-state index in [0.29, 0.717) is 5.41 Å². The van der Waals surface area contributed by atoms with Crippen LogP contribution in [0, 0.1) is 5.41 Å². The Labute approximate surface area is 133 Å². The fraction of sp³-hybridized carbons (Fsp3) is 0.706. The van der Waals surface area contributed by atoms with Crippen molar-refractivity contribution < 1.29 is 9.15 Å². The highest BCUT2D eigenvalue weighted by Crippen LogP contribution is 2.48. The van der Waals surface area contributed by atoms with Crippen LogP contribution in [0.5, 0.6) is 0 Å². The van der Waals surface area contributed by atoms with E-state index in [1.165, 1.54) is 12.8 Å². The predicted molar refractivity (Wildman–Crippen MR) is 89.2 cm³/mol. The van der Waals surface area contributed by atoms with Gasteiger partial charge in [-0.15, -0.1) is 0 Å². The van der Waals surface area contributed by atoms with Crippen LogP contribution in [0.1, 0.15) is 38.4 Å². The second-order valence-corrected chi connectivity index (χ2v) is 6.09. The monoisotopic (exact) mass is 307 g/mol. The molecule has 2 N–H and O–H groups in total. The van der Waals surface area contributed by atoms with E-state index < -0.39 is 0 Å². The molecule has 124 valence electrons. The van der Waals surface area contributed by atoms with Gasteiger partial charge < -0.3 is 19.8 Å². The van der Waals surface area contributed by atoms with E-state index in [1.54, 1.807) is 13.4 Å². The highest BCUT2D eigenvalue weighted by atomic mass is 16.5. The summed E-state index contributed by atoms with van der Waals surface area (Å²) < 4.78 is 10.6. The van der Waals surface area contributed by atoms with Crippen LogP contribution in [-0.4, -0.2) is 39.3 Å². The summed E-state index contributed by atoms with van der Waals surface area (Å²) in [5, 5.41) is 6.78. The smallest absolute Gasteiger partial charge is 0.191 e. The first-order valence-electron chi connectivity index (χ1n) is 8.31. The summed E-state index contributed by atoms with van der Waals surface area (Å²) in [4.78, 5) is 4.78. The van der Waals surface area contributed by atoms with Crippen LogP contribution in [0.15, 0.2) is 27.8 Å². The molecule has 0 amide bonds. The lowest BCUT2D eigenvalue weighted by atomic mass is 10.0. The minimum atomic E-state index is 0.387. The topological polar surface area (TPSA) is 58.8 Å². The number of methoxy groups -OCH3 is 1. The minimum Gasteiger partial charge on any atom is -0.469 e. The number of rotatable bonds is 10. The fourth-order valence-corrected chi connectivity index (χ4v) is 2.41. The average molecular weight is 307 g/mol. The van der Waals surface area contributed by atoms with E-state index in [0.717, 1.165) is 57.2 Å². The summed E-state index contributed by atoms with van der Waals surface area (Å²) in [6.07, 6.45) is 7.33. The molecule has 22 heavy (non-hydrogen) atoms. The third-order valence-corrected chi connectivity index (χ3v) is 4.15. The molecule has 0 saturated heterocycles. The summed E-state index contributed by atoms with van der Waals surface area (Å²) in [7, 11) is 1.77. The molecule has 0 aliphatic heterocycles. The first-order valence-corrected chi connectivity index (χ1v) is 8.31. The largest absolute Gasteiger partial charge is 0.469 e. The van der Waals surface area contributed by atoms with E-state index in [4.69, 9.17) is 14.1 Å². The molecular formula is C17H29N3O2. The molecule has 1 aliphatic carbocycles. The van der Waals surface area contributed by atoms with Crippen molar-refractivity contribution in [3.8, 4) is 0 Å². The molecule has 0 radical (unpaired) electrons. The summed E-state index contributed by atoms with van der Waals surface area (Å²) in [5.74, 6) is 1.91. The van der Waals surface area contributed by atoms with Crippen LogP contribution in [0.25, 0.3) is 0 Å². The second kappa shape index (κ2) is 8.83. The lowest BCUT2D eigenvalue weighted by Gasteiger charge is -2.15. The minimum absolute atomic E-state index is 0.387. The fourth-order valence-electron chi connectivity index (χ4n) is 2.41. The van der Waals surface area contributed by atoms with Gasteiger partial charge >= 0.3 is 0 Å². The van der Waals surface area contributed by atoms with Crippen LogP contribution >= 0.6 is 0 Å². The molecule has 0 unspecified atom stereocenters. The number of furan rings is 1. The summed E-state index contributed by atoms with van der Waals surface area (Å²) in [6.45, 7) is 5.65. The highest BCUT2D eigenvalue weighted by Gasteiger charge is 2.41. The maximum Gasteiger partial charge on any atom is 0.191 e. The Morgan fingerprint density at radius 3 is 2.82 bits per heavy atom. The first-order chi connectivity index (χ1) is 10.8. The molecule has 1 fully saturated rings. The van der Waals surface area contributed by atoms with Gasteiger partial charge in [-0.3, -0.25) is 4.99 Å². The molecule has 0 bridgehead atoms. The van der Waals surface area contributed by atoms with Crippen LogP contribution in [0.3, 0.4) is 0 Å². The number of hydrogen-bond acceptors (Lipinski definition) is 3. The van der Waals surface area contributed by atoms with E-state index >= 15 is 0 Å². The van der Waals surface area contributed by atoms with E-state index in [1.807, 2.05) is 12.1 Å². The number of guanidine groups is 1. The van der Waals surface area contributed by atoms with Gasteiger partial charge in [0.1, 0.15) is 5.76 Å². The maximum absolute atomic E-state index is 5.35.